The van der Waals surface area contributed by atoms with Crippen LogP contribution in [0.25, 0.3) is 0 Å². The second kappa shape index (κ2) is 23.1. The zero-order valence-electron chi connectivity index (χ0n) is 25.7. The minimum absolute atomic E-state index is 0. The van der Waals surface area contributed by atoms with Gasteiger partial charge in [0.2, 0.25) is 6.08 Å². The van der Waals surface area contributed by atoms with Crippen molar-refractivity contribution < 1.29 is 43.6 Å². The number of aliphatic hydroxyl groups excluding tert-OH is 2. The van der Waals surface area contributed by atoms with Crippen LogP contribution in [0.3, 0.4) is 0 Å². The molecule has 0 radical (unpaired) electrons. The average Bonchev–Trinajstić information content (AvgIpc) is 2.83. The number of hydrogen-bond acceptors (Lipinski definition) is 10. The van der Waals surface area contributed by atoms with Gasteiger partial charge in [0, 0.05) is 12.0 Å². The summed E-state index contributed by atoms with van der Waals surface area (Å²) in [5.74, 6) is -1.03. The number of ether oxygens (including phenoxy) is 3. The second-order valence-electron chi connectivity index (χ2n) is 12.6. The lowest BCUT2D eigenvalue weighted by Crippen LogP contribution is -2.50. The Kier molecular flexibility index (Phi) is 28.9. The number of aliphatic imine (C=N–C) groups is 1. The number of rotatable bonds is 9. The summed E-state index contributed by atoms with van der Waals surface area (Å²) in [5, 5.41) is 20.1. The number of amides is 1. The Morgan fingerprint density at radius 2 is 1.20 bits per heavy atom. The van der Waals surface area contributed by atoms with Crippen molar-refractivity contribution in [3.05, 3.63) is 0 Å². The Bertz CT molecular complexity index is 755. The number of methoxy groups -OCH3 is 2. The molecule has 41 heavy (non-hydrogen) atoms. The van der Waals surface area contributed by atoms with E-state index in [1.54, 1.807) is 34.6 Å². The topological polar surface area (TPSA) is 161 Å². The van der Waals surface area contributed by atoms with Gasteiger partial charge >= 0.3 is 18.0 Å². The second-order valence-corrected chi connectivity index (χ2v) is 12.6. The predicted molar refractivity (Wildman–Crippen MR) is 165 cm³/mol. The summed E-state index contributed by atoms with van der Waals surface area (Å²) >= 11 is 0. The highest BCUT2D eigenvalue weighted by Crippen LogP contribution is 2.23. The molecule has 11 heteroatoms. The molecule has 0 bridgehead atoms. The summed E-state index contributed by atoms with van der Waals surface area (Å²) in [5.41, 5.74) is -1.27. The Morgan fingerprint density at radius 1 is 0.780 bits per heavy atom. The quantitative estimate of drug-likeness (QED) is 0.134. The summed E-state index contributed by atoms with van der Waals surface area (Å²) in [6, 6.07) is -1.55. The van der Waals surface area contributed by atoms with Crippen LogP contribution in [0.1, 0.15) is 105 Å². The summed E-state index contributed by atoms with van der Waals surface area (Å²) in [6.45, 7) is 20.8. The van der Waals surface area contributed by atoms with E-state index in [1.165, 1.54) is 20.3 Å². The maximum absolute atomic E-state index is 11.7. The zero-order chi connectivity index (χ0) is 31.0. The summed E-state index contributed by atoms with van der Waals surface area (Å²) in [4.78, 5) is 47.7. The SMILES string of the molecule is C.C.C.CCC(C)(C)CO.COC(=O)[C@@H](N=C=O)C(C)(C)C.COC(=O)[C@@H](NC(=O)OCC(C)(C)CO)C(C)(C)C. The molecule has 0 heterocycles. The number of carbonyl (C=O) groups excluding carboxylic acids is 4. The first-order chi connectivity index (χ1) is 17.1. The van der Waals surface area contributed by atoms with Crippen LogP contribution in [0.5, 0.6) is 0 Å². The highest BCUT2D eigenvalue weighted by atomic mass is 16.6. The van der Waals surface area contributed by atoms with E-state index in [0.29, 0.717) is 6.61 Å². The smallest absolute Gasteiger partial charge is 0.407 e. The Balaban J connectivity index is -0.000000120. The molecule has 0 saturated carbocycles. The predicted octanol–water partition coefficient (Wildman–Crippen LogP) is 5.55. The van der Waals surface area contributed by atoms with Crippen LogP contribution in [0, 0.1) is 21.7 Å². The molecule has 0 fully saturated rings. The third-order valence-electron chi connectivity index (χ3n) is 5.40. The molecule has 0 unspecified atom stereocenters. The van der Waals surface area contributed by atoms with Gasteiger partial charge in [-0.15, -0.1) is 0 Å². The van der Waals surface area contributed by atoms with Gasteiger partial charge in [-0.3, -0.25) is 0 Å². The van der Waals surface area contributed by atoms with Crippen LogP contribution in [-0.4, -0.2) is 80.4 Å². The first-order valence-electron chi connectivity index (χ1n) is 12.5. The minimum Gasteiger partial charge on any atom is -0.467 e. The molecule has 0 aromatic carbocycles. The highest BCUT2D eigenvalue weighted by molar-refractivity contribution is 5.82. The lowest BCUT2D eigenvalue weighted by atomic mass is 9.87. The molecule has 0 aromatic rings. The van der Waals surface area contributed by atoms with Gasteiger partial charge in [0.25, 0.3) is 0 Å². The lowest BCUT2D eigenvalue weighted by molar-refractivity contribution is -0.146. The van der Waals surface area contributed by atoms with Gasteiger partial charge in [-0.05, 0) is 22.7 Å². The number of esters is 2. The van der Waals surface area contributed by atoms with Crippen LogP contribution in [0.4, 0.5) is 4.79 Å². The first-order valence-corrected chi connectivity index (χ1v) is 12.5. The van der Waals surface area contributed by atoms with E-state index in [2.05, 4.69) is 26.7 Å². The molecule has 0 aromatic heterocycles. The van der Waals surface area contributed by atoms with Crippen molar-refractivity contribution in [1.29, 1.82) is 0 Å². The Morgan fingerprint density at radius 3 is 1.44 bits per heavy atom. The van der Waals surface area contributed by atoms with E-state index in [0.717, 1.165) is 6.42 Å². The summed E-state index contributed by atoms with van der Waals surface area (Å²) in [6.07, 6.45) is 1.71. The molecule has 0 aliphatic rings. The maximum atomic E-state index is 11.7. The van der Waals surface area contributed by atoms with Gasteiger partial charge in [-0.2, -0.15) is 4.99 Å². The number of carbonyl (C=O) groups is 3. The molecule has 0 aliphatic carbocycles. The molecule has 2 atom stereocenters. The van der Waals surface area contributed by atoms with Crippen molar-refractivity contribution in [3.63, 3.8) is 0 Å². The maximum Gasteiger partial charge on any atom is 0.407 e. The van der Waals surface area contributed by atoms with Gasteiger partial charge in [0.15, 0.2) is 6.04 Å². The van der Waals surface area contributed by atoms with Crippen LogP contribution in [-0.2, 0) is 28.6 Å². The van der Waals surface area contributed by atoms with Crippen LogP contribution < -0.4 is 5.32 Å². The molecule has 0 aliphatic heterocycles. The van der Waals surface area contributed by atoms with Crippen molar-refractivity contribution in [2.45, 2.75) is 117 Å². The molecule has 11 nitrogen and oxygen atoms in total. The Labute approximate surface area is 250 Å². The molecule has 1 amide bonds. The lowest BCUT2D eigenvalue weighted by Gasteiger charge is -2.29. The van der Waals surface area contributed by atoms with E-state index in [9.17, 15) is 19.2 Å². The molecule has 0 saturated heterocycles. The number of isocyanates is 1. The van der Waals surface area contributed by atoms with E-state index < -0.39 is 46.4 Å². The molecule has 0 spiro atoms. The third-order valence-corrected chi connectivity index (χ3v) is 5.40. The highest BCUT2D eigenvalue weighted by Gasteiger charge is 2.34. The van der Waals surface area contributed by atoms with Gasteiger partial charge in [0.05, 0.1) is 20.8 Å². The third kappa shape index (κ3) is 25.0. The summed E-state index contributed by atoms with van der Waals surface area (Å²) < 4.78 is 14.1. The van der Waals surface area contributed by atoms with Gasteiger partial charge in [0.1, 0.15) is 12.6 Å². The van der Waals surface area contributed by atoms with E-state index in [-0.39, 0.29) is 40.9 Å². The standard InChI is InChI=1S/C13H25NO5.C8H13NO3.C6H14O.3CH4/c1-12(2,3)9(10(16)18-6)14-11(17)19-8-13(4,5)7-15;1-8(2,3)6(9-5-10)7(11)12-4;1-4-6(2,3)5-7;;;/h9,15H,7-8H2,1-6H3,(H,14,17);6H,1-4H3;7H,4-5H2,1-3H3;3*1H4/t9-;6-;;;;/m11..../s1. The van der Waals surface area contributed by atoms with Crippen molar-refractivity contribution in [1.82, 2.24) is 5.32 Å². The Hall–Kier alpha value is -2.49. The summed E-state index contributed by atoms with van der Waals surface area (Å²) in [7, 11) is 2.53. The van der Waals surface area contributed by atoms with Crippen LogP contribution in [0.15, 0.2) is 4.99 Å². The monoisotopic (exact) mass is 596 g/mol. The van der Waals surface area contributed by atoms with Crippen molar-refractivity contribution in [3.8, 4) is 0 Å². The molecule has 3 N–H and O–H groups in total. The van der Waals surface area contributed by atoms with E-state index >= 15 is 0 Å². The fourth-order valence-electron chi connectivity index (χ4n) is 2.09. The van der Waals surface area contributed by atoms with E-state index in [1.807, 2.05) is 34.6 Å². The number of nitrogens with zero attached hydrogens (tertiary/aromatic N) is 1. The van der Waals surface area contributed by atoms with Crippen LogP contribution in [0.2, 0.25) is 0 Å². The van der Waals surface area contributed by atoms with Gasteiger partial charge in [-0.25, -0.2) is 19.2 Å². The van der Waals surface area contributed by atoms with Crippen LogP contribution >= 0.6 is 0 Å². The molecular formula is C30H64N2O9. The first kappa shape index (κ1) is 51.3. The van der Waals surface area contributed by atoms with Crippen molar-refractivity contribution >= 4 is 24.1 Å². The van der Waals surface area contributed by atoms with Crippen molar-refractivity contribution in [2.75, 3.05) is 34.0 Å². The fourth-order valence-corrected chi connectivity index (χ4v) is 2.09. The molecular weight excluding hydrogens is 532 g/mol. The molecule has 0 rings (SSSR count). The number of nitrogens with one attached hydrogen (secondary N) is 1. The number of hydrogen-bond donors (Lipinski definition) is 3. The normalized spacial score (nSPS) is 12.2. The zero-order valence-corrected chi connectivity index (χ0v) is 25.7. The van der Waals surface area contributed by atoms with Gasteiger partial charge < -0.3 is 29.7 Å². The largest absolute Gasteiger partial charge is 0.467 e. The van der Waals surface area contributed by atoms with Crippen molar-refractivity contribution in [2.24, 2.45) is 26.7 Å². The minimum atomic E-state index is -0.790. The number of aliphatic hydroxyl groups is 2. The molecule has 248 valence electrons. The van der Waals surface area contributed by atoms with E-state index in [4.69, 9.17) is 14.9 Å². The number of alkyl carbamates (subject to hydrolysis) is 1. The van der Waals surface area contributed by atoms with Gasteiger partial charge in [-0.1, -0.05) is 98.4 Å². The fraction of sp³-hybridized carbons (Fsp3) is 0.867. The average molecular weight is 597 g/mol.